The number of carbonyl (C=O) groups excluding carboxylic acids is 1. The lowest BCUT2D eigenvalue weighted by Gasteiger charge is -2.05. The maximum Gasteiger partial charge on any atom is 0.185 e. The van der Waals surface area contributed by atoms with E-state index in [1.165, 1.54) is 0 Å². The van der Waals surface area contributed by atoms with Crippen LogP contribution in [0.2, 0.25) is 0 Å². The van der Waals surface area contributed by atoms with E-state index < -0.39 is 0 Å². The van der Waals surface area contributed by atoms with E-state index in [1.807, 2.05) is 55.5 Å². The molecule has 0 spiro atoms. The Morgan fingerprint density at radius 1 is 1.11 bits per heavy atom. The molecule has 0 aromatic heterocycles. The first-order valence-electron chi connectivity index (χ1n) is 6.13. The second kappa shape index (κ2) is 6.01. The van der Waals surface area contributed by atoms with Crippen LogP contribution in [0, 0.1) is 6.92 Å². The number of allylic oxidation sites excluding steroid dienone is 1. The fourth-order valence-electron chi connectivity index (χ4n) is 1.86. The van der Waals surface area contributed by atoms with Gasteiger partial charge in [0, 0.05) is 5.56 Å². The molecule has 0 bridgehead atoms. The Morgan fingerprint density at radius 3 is 2.47 bits per heavy atom. The van der Waals surface area contributed by atoms with Crippen LogP contribution in [0.4, 0.5) is 0 Å². The van der Waals surface area contributed by atoms with Gasteiger partial charge < -0.3 is 4.74 Å². The minimum atomic E-state index is -0.00499. The van der Waals surface area contributed by atoms with E-state index in [2.05, 4.69) is 0 Å². The number of ketones is 1. The third-order valence-electron chi connectivity index (χ3n) is 2.91. The summed E-state index contributed by atoms with van der Waals surface area (Å²) in [7, 11) is 1.62. The van der Waals surface area contributed by atoms with Crippen molar-refractivity contribution >= 4 is 11.9 Å². The fraction of sp³-hybridized carbons (Fsp3) is 0.118. The molecule has 0 amide bonds. The second-order valence-corrected chi connectivity index (χ2v) is 4.29. The van der Waals surface area contributed by atoms with Crippen molar-refractivity contribution in [2.24, 2.45) is 0 Å². The molecule has 2 heteroatoms. The van der Waals surface area contributed by atoms with Crippen molar-refractivity contribution in [2.75, 3.05) is 7.11 Å². The first kappa shape index (κ1) is 13.1. The average Bonchev–Trinajstić information content (AvgIpc) is 2.45. The Balaban J connectivity index is 2.16. The number of carbonyl (C=O) groups is 1. The topological polar surface area (TPSA) is 26.3 Å². The van der Waals surface area contributed by atoms with E-state index in [9.17, 15) is 4.79 Å². The molecule has 0 heterocycles. The summed E-state index contributed by atoms with van der Waals surface area (Å²) in [5.41, 5.74) is 2.65. The monoisotopic (exact) mass is 252 g/mol. The summed E-state index contributed by atoms with van der Waals surface area (Å²) >= 11 is 0. The molecule has 0 N–H and O–H groups in total. The summed E-state index contributed by atoms with van der Waals surface area (Å²) in [5, 5.41) is 0. The maximum atomic E-state index is 12.0. The lowest BCUT2D eigenvalue weighted by molar-refractivity contribution is 0.104. The number of hydrogen-bond donors (Lipinski definition) is 0. The standard InChI is InChI=1S/C17H16O2/c1-13-12-15(9-11-17(13)19-2)16(18)10-8-14-6-4-3-5-7-14/h3-12H,1-2H3/b10-8+. The van der Waals surface area contributed by atoms with Crippen molar-refractivity contribution < 1.29 is 9.53 Å². The largest absolute Gasteiger partial charge is 0.496 e. The normalized spacial score (nSPS) is 10.6. The molecular formula is C17H16O2. The molecule has 0 radical (unpaired) electrons. The number of rotatable bonds is 4. The lowest BCUT2D eigenvalue weighted by atomic mass is 10.1. The van der Waals surface area contributed by atoms with Crippen LogP contribution in [0.25, 0.3) is 6.08 Å². The van der Waals surface area contributed by atoms with Gasteiger partial charge in [0.05, 0.1) is 7.11 Å². The van der Waals surface area contributed by atoms with Gasteiger partial charge in [0.15, 0.2) is 5.78 Å². The highest BCUT2D eigenvalue weighted by atomic mass is 16.5. The highest BCUT2D eigenvalue weighted by Crippen LogP contribution is 2.19. The number of ether oxygens (including phenoxy) is 1. The molecule has 0 saturated carbocycles. The van der Waals surface area contributed by atoms with E-state index in [0.29, 0.717) is 5.56 Å². The molecule has 96 valence electrons. The Kier molecular flexibility index (Phi) is 4.14. The van der Waals surface area contributed by atoms with Gasteiger partial charge in [-0.05, 0) is 42.3 Å². The van der Waals surface area contributed by atoms with Crippen LogP contribution in [0.5, 0.6) is 5.75 Å². The predicted octanol–water partition coefficient (Wildman–Crippen LogP) is 3.90. The molecule has 0 fully saturated rings. The van der Waals surface area contributed by atoms with E-state index in [0.717, 1.165) is 16.9 Å². The Labute approximate surface area is 113 Å². The van der Waals surface area contributed by atoms with E-state index in [-0.39, 0.29) is 5.78 Å². The highest BCUT2D eigenvalue weighted by molar-refractivity contribution is 6.07. The van der Waals surface area contributed by atoms with Gasteiger partial charge in [0.1, 0.15) is 5.75 Å². The smallest absolute Gasteiger partial charge is 0.185 e. The molecule has 2 aromatic rings. The first-order valence-corrected chi connectivity index (χ1v) is 6.13. The second-order valence-electron chi connectivity index (χ2n) is 4.29. The average molecular weight is 252 g/mol. The molecule has 0 unspecified atom stereocenters. The van der Waals surface area contributed by atoms with Gasteiger partial charge in [-0.15, -0.1) is 0 Å². The molecule has 0 aliphatic heterocycles. The van der Waals surface area contributed by atoms with Gasteiger partial charge in [0.25, 0.3) is 0 Å². The van der Waals surface area contributed by atoms with Crippen molar-refractivity contribution in [3.05, 3.63) is 71.3 Å². The van der Waals surface area contributed by atoms with Crippen LogP contribution in [0.1, 0.15) is 21.5 Å². The summed E-state index contributed by atoms with van der Waals surface area (Å²) in [6, 6.07) is 15.2. The van der Waals surface area contributed by atoms with E-state index >= 15 is 0 Å². The minimum absolute atomic E-state index is 0.00499. The van der Waals surface area contributed by atoms with E-state index in [4.69, 9.17) is 4.74 Å². The molecule has 2 aromatic carbocycles. The Morgan fingerprint density at radius 2 is 1.84 bits per heavy atom. The summed E-state index contributed by atoms with van der Waals surface area (Å²) in [6.45, 7) is 1.93. The summed E-state index contributed by atoms with van der Waals surface area (Å²) in [5.74, 6) is 0.790. The quantitative estimate of drug-likeness (QED) is 0.609. The van der Waals surface area contributed by atoms with Crippen molar-refractivity contribution in [1.82, 2.24) is 0 Å². The predicted molar refractivity (Wildman–Crippen MR) is 77.5 cm³/mol. The molecule has 0 aliphatic carbocycles. The Hall–Kier alpha value is -2.35. The number of methoxy groups -OCH3 is 1. The van der Waals surface area contributed by atoms with Crippen LogP contribution < -0.4 is 4.74 Å². The minimum Gasteiger partial charge on any atom is -0.496 e. The summed E-state index contributed by atoms with van der Waals surface area (Å²) in [6.07, 6.45) is 3.42. The van der Waals surface area contributed by atoms with Crippen LogP contribution >= 0.6 is 0 Å². The molecule has 2 rings (SSSR count). The fourth-order valence-corrected chi connectivity index (χ4v) is 1.86. The Bertz CT molecular complexity index is 598. The lowest BCUT2D eigenvalue weighted by Crippen LogP contribution is -1.96. The summed E-state index contributed by atoms with van der Waals surface area (Å²) in [4.78, 5) is 12.0. The van der Waals surface area contributed by atoms with Crippen molar-refractivity contribution in [3.63, 3.8) is 0 Å². The zero-order valence-corrected chi connectivity index (χ0v) is 11.1. The number of aryl methyl sites for hydroxylation is 1. The highest BCUT2D eigenvalue weighted by Gasteiger charge is 2.05. The zero-order valence-electron chi connectivity index (χ0n) is 11.1. The van der Waals surface area contributed by atoms with Gasteiger partial charge in [0.2, 0.25) is 0 Å². The number of benzene rings is 2. The van der Waals surface area contributed by atoms with Gasteiger partial charge in [-0.1, -0.05) is 36.4 Å². The first-order chi connectivity index (χ1) is 9.20. The molecule has 0 atom stereocenters. The van der Waals surface area contributed by atoms with Crippen LogP contribution in [-0.4, -0.2) is 12.9 Å². The third kappa shape index (κ3) is 3.32. The van der Waals surface area contributed by atoms with Crippen molar-refractivity contribution in [2.45, 2.75) is 6.92 Å². The van der Waals surface area contributed by atoms with E-state index in [1.54, 1.807) is 19.3 Å². The zero-order chi connectivity index (χ0) is 13.7. The molecule has 0 saturated heterocycles. The van der Waals surface area contributed by atoms with Crippen molar-refractivity contribution in [3.8, 4) is 5.75 Å². The third-order valence-corrected chi connectivity index (χ3v) is 2.91. The molecule has 2 nitrogen and oxygen atoms in total. The van der Waals surface area contributed by atoms with Crippen LogP contribution in [-0.2, 0) is 0 Å². The molecule has 19 heavy (non-hydrogen) atoms. The van der Waals surface area contributed by atoms with Crippen LogP contribution in [0.15, 0.2) is 54.6 Å². The van der Waals surface area contributed by atoms with Gasteiger partial charge in [-0.2, -0.15) is 0 Å². The molecule has 0 aliphatic rings. The van der Waals surface area contributed by atoms with Gasteiger partial charge in [-0.3, -0.25) is 4.79 Å². The van der Waals surface area contributed by atoms with Crippen molar-refractivity contribution in [1.29, 1.82) is 0 Å². The number of hydrogen-bond acceptors (Lipinski definition) is 2. The van der Waals surface area contributed by atoms with Crippen LogP contribution in [0.3, 0.4) is 0 Å². The van der Waals surface area contributed by atoms with Gasteiger partial charge >= 0.3 is 0 Å². The summed E-state index contributed by atoms with van der Waals surface area (Å²) < 4.78 is 5.18. The van der Waals surface area contributed by atoms with Gasteiger partial charge in [-0.25, -0.2) is 0 Å². The molecular weight excluding hydrogens is 236 g/mol. The maximum absolute atomic E-state index is 12.0. The SMILES string of the molecule is COc1ccc(C(=O)/C=C/c2ccccc2)cc1C.